The van der Waals surface area contributed by atoms with Gasteiger partial charge >= 0.3 is 11.9 Å². The number of rotatable bonds is 2. The van der Waals surface area contributed by atoms with Crippen LogP contribution < -0.4 is 0 Å². The van der Waals surface area contributed by atoms with Gasteiger partial charge in [0.25, 0.3) is 0 Å². The molecule has 0 aromatic rings. The smallest absolute Gasteiger partial charge is 0.333 e. The summed E-state index contributed by atoms with van der Waals surface area (Å²) in [6.45, 7) is 7.66. The molecule has 4 fully saturated rings. The molecule has 138 valence electrons. The zero-order valence-electron chi connectivity index (χ0n) is 15.2. The predicted molar refractivity (Wildman–Crippen MR) is 87.7 cm³/mol. The Labute approximate surface area is 147 Å². The van der Waals surface area contributed by atoms with Crippen molar-refractivity contribution in [1.29, 1.82) is 0 Å². The predicted octanol–water partition coefficient (Wildman–Crippen LogP) is 2.29. The van der Waals surface area contributed by atoms with Crippen LogP contribution in [-0.4, -0.2) is 47.6 Å². The van der Waals surface area contributed by atoms with Crippen molar-refractivity contribution in [2.75, 3.05) is 0 Å². The van der Waals surface area contributed by atoms with E-state index in [-0.39, 0.29) is 53.8 Å². The van der Waals surface area contributed by atoms with E-state index in [1.165, 1.54) is 0 Å². The average Bonchev–Trinajstić information content (AvgIpc) is 3.36. The summed E-state index contributed by atoms with van der Waals surface area (Å²) < 4.78 is 23.3. The highest BCUT2D eigenvalue weighted by Crippen LogP contribution is 2.54. The minimum absolute atomic E-state index is 0.115. The van der Waals surface area contributed by atoms with Gasteiger partial charge in [0, 0.05) is 17.9 Å². The summed E-state index contributed by atoms with van der Waals surface area (Å²) in [5.74, 6) is -0.773. The third kappa shape index (κ3) is 2.89. The summed E-state index contributed by atoms with van der Waals surface area (Å²) >= 11 is 0. The van der Waals surface area contributed by atoms with Gasteiger partial charge in [0.05, 0.1) is 23.7 Å². The van der Waals surface area contributed by atoms with Crippen molar-refractivity contribution in [2.45, 2.75) is 89.0 Å². The molecule has 0 bridgehead atoms. The van der Waals surface area contributed by atoms with Crippen molar-refractivity contribution in [3.05, 3.63) is 11.6 Å². The monoisotopic (exact) mass is 350 g/mol. The van der Waals surface area contributed by atoms with Crippen LogP contribution in [0.15, 0.2) is 11.6 Å². The van der Waals surface area contributed by atoms with Crippen LogP contribution in [0.3, 0.4) is 0 Å². The van der Waals surface area contributed by atoms with Gasteiger partial charge in [-0.1, -0.05) is 6.08 Å². The molecule has 1 aliphatic carbocycles. The first-order valence-electron chi connectivity index (χ1n) is 9.15. The Morgan fingerprint density at radius 1 is 1.28 bits per heavy atom. The van der Waals surface area contributed by atoms with Gasteiger partial charge in [-0.15, -0.1) is 0 Å². The zero-order valence-corrected chi connectivity index (χ0v) is 15.2. The third-order valence-corrected chi connectivity index (χ3v) is 6.37. The Morgan fingerprint density at radius 3 is 2.76 bits per heavy atom. The first kappa shape index (κ1) is 17.0. The van der Waals surface area contributed by atoms with Gasteiger partial charge in [-0.2, -0.15) is 0 Å². The van der Waals surface area contributed by atoms with Crippen LogP contribution in [0, 0.1) is 5.92 Å². The maximum Gasteiger partial charge on any atom is 0.333 e. The van der Waals surface area contributed by atoms with E-state index in [9.17, 15) is 9.59 Å². The van der Waals surface area contributed by atoms with Gasteiger partial charge in [-0.05, 0) is 40.5 Å². The highest BCUT2D eigenvalue weighted by molar-refractivity contribution is 5.87. The summed E-state index contributed by atoms with van der Waals surface area (Å²) in [6, 6.07) is 0. The zero-order chi connectivity index (χ0) is 18.0. The van der Waals surface area contributed by atoms with E-state index in [0.29, 0.717) is 12.0 Å². The maximum absolute atomic E-state index is 12.4. The second kappa shape index (κ2) is 5.55. The van der Waals surface area contributed by atoms with Gasteiger partial charge in [0.2, 0.25) is 0 Å². The van der Waals surface area contributed by atoms with Crippen LogP contribution in [-0.2, 0) is 28.5 Å². The molecule has 0 aromatic heterocycles. The molecular weight excluding hydrogens is 324 g/mol. The van der Waals surface area contributed by atoms with E-state index in [1.807, 2.05) is 0 Å². The molecule has 7 atom stereocenters. The van der Waals surface area contributed by atoms with Crippen LogP contribution in [0.1, 0.15) is 53.4 Å². The van der Waals surface area contributed by atoms with E-state index in [0.717, 1.165) is 12.8 Å². The summed E-state index contributed by atoms with van der Waals surface area (Å²) in [5.41, 5.74) is -0.0148. The fraction of sp³-hybridized carbons (Fsp3) is 0.789. The van der Waals surface area contributed by atoms with E-state index in [1.54, 1.807) is 19.9 Å². The van der Waals surface area contributed by atoms with Crippen molar-refractivity contribution < 1.29 is 28.5 Å². The lowest BCUT2D eigenvalue weighted by atomic mass is 9.81. The van der Waals surface area contributed by atoms with Crippen molar-refractivity contribution in [3.8, 4) is 0 Å². The van der Waals surface area contributed by atoms with Crippen LogP contribution in [0.2, 0.25) is 0 Å². The molecule has 25 heavy (non-hydrogen) atoms. The standard InChI is InChI=1S/C19H26O6/c1-5-10(2)17(21)22-12-9-19(4)13(24-19)6-7-18(3)16(25-18)15-11(12)8-14(20)23-15/h5,11-13,15-16H,6-9H2,1-4H3/b10-5-/t11-,12-,13-,15+,16+,18-,19+/m1/s1. The van der Waals surface area contributed by atoms with Gasteiger partial charge in [0.1, 0.15) is 18.3 Å². The number of esters is 2. The van der Waals surface area contributed by atoms with E-state index < -0.39 is 6.10 Å². The largest absolute Gasteiger partial charge is 0.459 e. The third-order valence-electron chi connectivity index (χ3n) is 6.37. The summed E-state index contributed by atoms with van der Waals surface area (Å²) in [4.78, 5) is 24.4. The number of fused-ring (bicyclic) bond motifs is 4. The van der Waals surface area contributed by atoms with Crippen molar-refractivity contribution in [1.82, 2.24) is 0 Å². The Morgan fingerprint density at radius 2 is 2.04 bits per heavy atom. The minimum Gasteiger partial charge on any atom is -0.459 e. The van der Waals surface area contributed by atoms with Crippen LogP contribution >= 0.6 is 0 Å². The minimum atomic E-state index is -0.416. The molecule has 0 radical (unpaired) electrons. The van der Waals surface area contributed by atoms with E-state index in [4.69, 9.17) is 18.9 Å². The summed E-state index contributed by atoms with van der Waals surface area (Å²) in [6.07, 6.45) is 3.65. The van der Waals surface area contributed by atoms with Crippen molar-refractivity contribution in [3.63, 3.8) is 0 Å². The van der Waals surface area contributed by atoms with Gasteiger partial charge < -0.3 is 18.9 Å². The van der Waals surface area contributed by atoms with Gasteiger partial charge in [0.15, 0.2) is 0 Å². The normalized spacial score (nSPS) is 48.6. The molecule has 6 heteroatoms. The topological polar surface area (TPSA) is 77.7 Å². The van der Waals surface area contributed by atoms with Gasteiger partial charge in [-0.3, -0.25) is 4.79 Å². The Kier molecular flexibility index (Phi) is 3.78. The molecule has 0 unspecified atom stereocenters. The number of ether oxygens (including phenoxy) is 4. The maximum atomic E-state index is 12.4. The number of carbonyl (C=O) groups is 2. The molecule has 3 saturated heterocycles. The molecule has 4 rings (SSSR count). The summed E-state index contributed by atoms with van der Waals surface area (Å²) in [7, 11) is 0. The number of epoxide rings is 2. The molecule has 1 saturated carbocycles. The van der Waals surface area contributed by atoms with Crippen molar-refractivity contribution in [2.24, 2.45) is 5.92 Å². The Balaban J connectivity index is 1.62. The summed E-state index contributed by atoms with van der Waals surface area (Å²) in [5, 5.41) is 0. The molecule has 0 N–H and O–H groups in total. The fourth-order valence-corrected chi connectivity index (χ4v) is 4.38. The second-order valence-electron chi connectivity index (χ2n) is 8.25. The first-order valence-corrected chi connectivity index (χ1v) is 9.15. The molecule has 3 aliphatic heterocycles. The quantitative estimate of drug-likeness (QED) is 0.432. The molecular formula is C19H26O6. The number of hydrogen-bond acceptors (Lipinski definition) is 6. The highest BCUT2D eigenvalue weighted by Gasteiger charge is 2.66. The van der Waals surface area contributed by atoms with Crippen LogP contribution in [0.25, 0.3) is 0 Å². The molecule has 0 aromatic carbocycles. The molecule has 4 aliphatic rings. The van der Waals surface area contributed by atoms with Crippen LogP contribution in [0.4, 0.5) is 0 Å². The van der Waals surface area contributed by atoms with Gasteiger partial charge in [-0.25, -0.2) is 4.79 Å². The second-order valence-corrected chi connectivity index (χ2v) is 8.25. The fourth-order valence-electron chi connectivity index (χ4n) is 4.38. The van der Waals surface area contributed by atoms with E-state index >= 15 is 0 Å². The molecule has 6 nitrogen and oxygen atoms in total. The first-order chi connectivity index (χ1) is 11.8. The lowest BCUT2D eigenvalue weighted by Crippen LogP contribution is -2.40. The lowest BCUT2D eigenvalue weighted by molar-refractivity contribution is -0.150. The van der Waals surface area contributed by atoms with Crippen molar-refractivity contribution >= 4 is 11.9 Å². The number of allylic oxidation sites excluding steroid dienone is 1. The Hall–Kier alpha value is -1.40. The number of hydrogen-bond donors (Lipinski definition) is 0. The SMILES string of the molecule is C/C=C(/C)C(=O)O[C@@H]1C[C@]2(C)O[C@@H]2CC[C@@]2(C)O[C@H]2[C@H]2OC(=O)C[C@@H]21. The van der Waals surface area contributed by atoms with Crippen LogP contribution in [0.5, 0.6) is 0 Å². The molecule has 0 amide bonds. The Bertz CT molecular complexity index is 642. The number of carbonyl (C=O) groups excluding carboxylic acids is 2. The van der Waals surface area contributed by atoms with E-state index in [2.05, 4.69) is 13.8 Å². The lowest BCUT2D eigenvalue weighted by Gasteiger charge is -2.28. The highest BCUT2D eigenvalue weighted by atomic mass is 16.7. The average molecular weight is 350 g/mol. The molecule has 0 spiro atoms. The molecule has 3 heterocycles.